The number of hydrazine groups is 1. The molecule has 5 amide bonds. The summed E-state index contributed by atoms with van der Waals surface area (Å²) in [5, 5.41) is 5.66. The molecule has 2 fully saturated rings. The molecule has 1 saturated carbocycles. The van der Waals surface area contributed by atoms with Gasteiger partial charge in [-0.15, -0.1) is 0 Å². The molecule has 1 aliphatic carbocycles. The fourth-order valence-corrected chi connectivity index (χ4v) is 4.02. The van der Waals surface area contributed by atoms with Gasteiger partial charge in [-0.3, -0.25) is 29.4 Å². The van der Waals surface area contributed by atoms with Crippen LogP contribution >= 0.6 is 0 Å². The van der Waals surface area contributed by atoms with Crippen molar-refractivity contribution < 1.29 is 33.5 Å². The zero-order valence-corrected chi connectivity index (χ0v) is 18.8. The maximum atomic E-state index is 13.0. The molecule has 32 heavy (non-hydrogen) atoms. The predicted octanol–water partition coefficient (Wildman–Crippen LogP) is 0.572. The maximum Gasteiger partial charge on any atom is 0.407 e. The highest BCUT2D eigenvalue weighted by Crippen LogP contribution is 2.27. The van der Waals surface area contributed by atoms with Crippen molar-refractivity contribution in [3.63, 3.8) is 0 Å². The lowest BCUT2D eigenvalue weighted by molar-refractivity contribution is -0.151. The van der Waals surface area contributed by atoms with Crippen molar-refractivity contribution in [2.75, 3.05) is 7.11 Å². The Bertz CT molecular complexity index is 745. The fourth-order valence-electron chi connectivity index (χ4n) is 4.02. The van der Waals surface area contributed by atoms with Gasteiger partial charge < -0.3 is 15.4 Å². The second-order valence-electron chi connectivity index (χ2n) is 8.63. The molecule has 0 aromatic carbocycles. The Morgan fingerprint density at radius 2 is 1.59 bits per heavy atom. The van der Waals surface area contributed by atoms with Gasteiger partial charge in [0.25, 0.3) is 0 Å². The smallest absolute Gasteiger partial charge is 0.407 e. The Hall–Kier alpha value is -2.98. The lowest BCUT2D eigenvalue weighted by Gasteiger charge is -2.31. The Kier molecular flexibility index (Phi) is 9.15. The van der Waals surface area contributed by atoms with Crippen molar-refractivity contribution in [1.82, 2.24) is 21.1 Å². The van der Waals surface area contributed by atoms with Crippen LogP contribution in [0, 0.1) is 11.8 Å². The van der Waals surface area contributed by atoms with Crippen LogP contribution in [0.1, 0.15) is 65.2 Å². The van der Waals surface area contributed by atoms with Crippen LogP contribution in [-0.2, 0) is 28.7 Å². The van der Waals surface area contributed by atoms with Crippen LogP contribution in [0.2, 0.25) is 0 Å². The summed E-state index contributed by atoms with van der Waals surface area (Å²) in [4.78, 5) is 73.8. The monoisotopic (exact) mass is 452 g/mol. The van der Waals surface area contributed by atoms with Gasteiger partial charge in [0.1, 0.15) is 12.1 Å². The van der Waals surface area contributed by atoms with Gasteiger partial charge in [0.05, 0.1) is 7.11 Å². The van der Waals surface area contributed by atoms with Gasteiger partial charge in [-0.2, -0.15) is 5.01 Å². The SMILES string of the molecule is COC(=O)N[C@@H](CC(C)C)C(=O)NC(C(=O)C(=O)NN1C(=O)CCC1=O)C1CCCCC1. The van der Waals surface area contributed by atoms with Gasteiger partial charge in [0.2, 0.25) is 23.5 Å². The van der Waals surface area contributed by atoms with E-state index in [0.717, 1.165) is 19.3 Å². The number of methoxy groups -OCH3 is 1. The molecule has 0 bridgehead atoms. The topological polar surface area (TPSA) is 151 Å². The predicted molar refractivity (Wildman–Crippen MR) is 112 cm³/mol. The number of nitrogens with zero attached hydrogens (tertiary/aromatic N) is 1. The fraction of sp³-hybridized carbons (Fsp3) is 0.714. The Labute approximate surface area is 186 Å². The summed E-state index contributed by atoms with van der Waals surface area (Å²) in [6, 6.07) is -2.09. The first-order chi connectivity index (χ1) is 15.1. The number of hydrogen-bond acceptors (Lipinski definition) is 7. The van der Waals surface area contributed by atoms with Crippen LogP contribution < -0.4 is 16.1 Å². The van der Waals surface area contributed by atoms with Crippen molar-refractivity contribution >= 4 is 35.5 Å². The number of hydrogen-bond donors (Lipinski definition) is 3. The highest BCUT2D eigenvalue weighted by Gasteiger charge is 2.39. The van der Waals surface area contributed by atoms with E-state index in [1.54, 1.807) is 0 Å². The first-order valence-electron chi connectivity index (χ1n) is 11.0. The first kappa shape index (κ1) is 25.3. The van der Waals surface area contributed by atoms with E-state index in [4.69, 9.17) is 0 Å². The summed E-state index contributed by atoms with van der Waals surface area (Å²) in [5.74, 6) is -4.06. The Morgan fingerprint density at radius 3 is 2.12 bits per heavy atom. The number of ether oxygens (including phenoxy) is 1. The number of rotatable bonds is 9. The van der Waals surface area contributed by atoms with E-state index in [0.29, 0.717) is 24.3 Å². The second kappa shape index (κ2) is 11.6. The van der Waals surface area contributed by atoms with E-state index in [2.05, 4.69) is 20.8 Å². The molecule has 1 aliphatic heterocycles. The molecule has 0 aromatic rings. The zero-order valence-electron chi connectivity index (χ0n) is 18.8. The van der Waals surface area contributed by atoms with E-state index in [-0.39, 0.29) is 24.7 Å². The lowest BCUT2D eigenvalue weighted by Crippen LogP contribution is -2.58. The second-order valence-corrected chi connectivity index (χ2v) is 8.63. The highest BCUT2D eigenvalue weighted by atomic mass is 16.5. The molecule has 2 atom stereocenters. The Morgan fingerprint density at radius 1 is 1.00 bits per heavy atom. The minimum Gasteiger partial charge on any atom is -0.453 e. The number of Topliss-reactive ketones (excluding diaryl/α,β-unsaturated/α-hetero) is 1. The molecule has 0 spiro atoms. The minimum absolute atomic E-state index is 0.0355. The lowest BCUT2D eigenvalue weighted by atomic mass is 9.82. The van der Waals surface area contributed by atoms with Crippen LogP contribution in [-0.4, -0.2) is 59.7 Å². The molecule has 2 rings (SSSR count). The van der Waals surface area contributed by atoms with Crippen molar-refractivity contribution in [2.45, 2.75) is 77.3 Å². The average Bonchev–Trinajstić information content (AvgIpc) is 3.08. The molecule has 178 valence electrons. The molecular weight excluding hydrogens is 420 g/mol. The van der Waals surface area contributed by atoms with Crippen LogP contribution in [0.3, 0.4) is 0 Å². The van der Waals surface area contributed by atoms with E-state index < -0.39 is 47.6 Å². The summed E-state index contributed by atoms with van der Waals surface area (Å²) in [6.07, 6.45) is 3.43. The summed E-state index contributed by atoms with van der Waals surface area (Å²) in [7, 11) is 1.18. The van der Waals surface area contributed by atoms with E-state index in [9.17, 15) is 28.8 Å². The molecule has 3 N–H and O–H groups in total. The number of nitrogens with one attached hydrogen (secondary N) is 3. The molecule has 1 saturated heterocycles. The number of imide groups is 1. The van der Waals surface area contributed by atoms with Gasteiger partial charge in [0, 0.05) is 12.8 Å². The number of alkyl carbamates (subject to hydrolysis) is 1. The van der Waals surface area contributed by atoms with Crippen molar-refractivity contribution in [2.24, 2.45) is 11.8 Å². The van der Waals surface area contributed by atoms with E-state index in [1.807, 2.05) is 13.8 Å². The van der Waals surface area contributed by atoms with E-state index >= 15 is 0 Å². The Balaban J connectivity index is 2.17. The highest BCUT2D eigenvalue weighted by molar-refractivity contribution is 6.39. The van der Waals surface area contributed by atoms with Crippen LogP contribution in [0.4, 0.5) is 4.79 Å². The zero-order chi connectivity index (χ0) is 23.8. The molecular formula is C21H32N4O7. The largest absolute Gasteiger partial charge is 0.453 e. The molecule has 0 aromatic heterocycles. The maximum absolute atomic E-state index is 13.0. The van der Waals surface area contributed by atoms with Crippen molar-refractivity contribution in [3.05, 3.63) is 0 Å². The standard InChI is InChI=1S/C21H32N4O7/c1-12(2)11-14(22-21(31)32-3)19(29)23-17(13-7-5-4-6-8-13)18(28)20(30)24-25-15(26)9-10-16(25)27/h12-14,17H,4-11H2,1-3H3,(H,22,31)(H,23,29)(H,24,30)/t14-,17?/m0/s1. The van der Waals surface area contributed by atoms with Crippen LogP contribution in [0.25, 0.3) is 0 Å². The molecule has 11 heteroatoms. The van der Waals surface area contributed by atoms with Gasteiger partial charge in [-0.1, -0.05) is 33.1 Å². The van der Waals surface area contributed by atoms with Crippen LogP contribution in [0.15, 0.2) is 0 Å². The van der Waals surface area contributed by atoms with E-state index in [1.165, 1.54) is 7.11 Å². The third-order valence-electron chi connectivity index (χ3n) is 5.69. The summed E-state index contributed by atoms with van der Waals surface area (Å²) < 4.78 is 4.58. The third-order valence-corrected chi connectivity index (χ3v) is 5.69. The summed E-state index contributed by atoms with van der Waals surface area (Å²) in [6.45, 7) is 3.75. The normalized spacial score (nSPS) is 18.8. The number of carbonyl (C=O) groups is 6. The summed E-state index contributed by atoms with van der Waals surface area (Å²) in [5.41, 5.74) is 2.08. The van der Waals surface area contributed by atoms with Gasteiger partial charge in [0.15, 0.2) is 0 Å². The molecule has 1 unspecified atom stereocenters. The van der Waals surface area contributed by atoms with Crippen molar-refractivity contribution in [3.8, 4) is 0 Å². The minimum atomic E-state index is -1.13. The van der Waals surface area contributed by atoms with Gasteiger partial charge in [-0.25, -0.2) is 4.79 Å². The van der Waals surface area contributed by atoms with Gasteiger partial charge >= 0.3 is 12.0 Å². The first-order valence-corrected chi connectivity index (χ1v) is 11.0. The van der Waals surface area contributed by atoms with Crippen LogP contribution in [0.5, 0.6) is 0 Å². The molecule has 2 aliphatic rings. The molecule has 11 nitrogen and oxygen atoms in total. The summed E-state index contributed by atoms with van der Waals surface area (Å²) >= 11 is 0. The third kappa shape index (κ3) is 6.76. The quantitative estimate of drug-likeness (QED) is 0.342. The molecule has 1 heterocycles. The van der Waals surface area contributed by atoms with Crippen molar-refractivity contribution in [1.29, 1.82) is 0 Å². The number of amides is 5. The number of carbonyl (C=O) groups excluding carboxylic acids is 6. The number of ketones is 1. The average molecular weight is 453 g/mol. The molecule has 0 radical (unpaired) electrons. The van der Waals surface area contributed by atoms with Gasteiger partial charge in [-0.05, 0) is 31.1 Å².